The van der Waals surface area contributed by atoms with E-state index in [0.29, 0.717) is 23.4 Å². The van der Waals surface area contributed by atoms with Crippen molar-refractivity contribution < 1.29 is 4.39 Å². The molecule has 138 valence electrons. The number of rotatable bonds is 3. The van der Waals surface area contributed by atoms with Gasteiger partial charge in [0.2, 0.25) is 5.95 Å². The number of aromatic nitrogens is 3. The molecule has 0 spiro atoms. The lowest BCUT2D eigenvalue weighted by Gasteiger charge is -2.36. The maximum Gasteiger partial charge on any atom is 0.227 e. The van der Waals surface area contributed by atoms with Gasteiger partial charge in [0.15, 0.2) is 11.6 Å². The van der Waals surface area contributed by atoms with E-state index < -0.39 is 0 Å². The Hall–Kier alpha value is -1.96. The van der Waals surface area contributed by atoms with Gasteiger partial charge in [0.1, 0.15) is 5.82 Å². The molecule has 0 radical (unpaired) electrons. The number of aryl methyl sites for hydroxylation is 1. The van der Waals surface area contributed by atoms with Crippen molar-refractivity contribution in [2.75, 3.05) is 54.0 Å². The van der Waals surface area contributed by atoms with E-state index in [9.17, 15) is 4.39 Å². The normalized spacial score (nSPS) is 17.9. The zero-order chi connectivity index (χ0) is 18.1. The Kier molecular flexibility index (Phi) is 4.93. The van der Waals surface area contributed by atoms with Gasteiger partial charge >= 0.3 is 0 Å². The molecule has 0 atom stereocenters. The van der Waals surface area contributed by atoms with Crippen LogP contribution in [0.4, 0.5) is 22.0 Å². The number of hydrogen-bond donors (Lipinski definition) is 0. The first-order valence-corrected chi connectivity index (χ1v) is 9.81. The molecule has 0 unspecified atom stereocenters. The quantitative estimate of drug-likeness (QED) is 0.760. The number of piperazine rings is 1. The van der Waals surface area contributed by atoms with E-state index in [1.54, 1.807) is 6.20 Å². The van der Waals surface area contributed by atoms with Crippen LogP contribution >= 0.6 is 15.9 Å². The molecular formula is C18H22BrFN6. The molecule has 0 bridgehead atoms. The first-order chi connectivity index (χ1) is 12.6. The van der Waals surface area contributed by atoms with E-state index in [2.05, 4.69) is 35.7 Å². The summed E-state index contributed by atoms with van der Waals surface area (Å²) in [6.07, 6.45) is 4.05. The molecule has 4 rings (SSSR count). The average molecular weight is 421 g/mol. The number of halogens is 2. The Morgan fingerprint density at radius 2 is 1.62 bits per heavy atom. The van der Waals surface area contributed by atoms with Gasteiger partial charge in [-0.1, -0.05) is 0 Å². The highest BCUT2D eigenvalue weighted by atomic mass is 79.9. The van der Waals surface area contributed by atoms with Crippen LogP contribution in [0.2, 0.25) is 0 Å². The highest BCUT2D eigenvalue weighted by molar-refractivity contribution is 9.10. The molecule has 2 aromatic rings. The third kappa shape index (κ3) is 3.60. The molecule has 0 aromatic carbocycles. The lowest BCUT2D eigenvalue weighted by molar-refractivity contribution is 0.586. The van der Waals surface area contributed by atoms with Crippen molar-refractivity contribution in [2.45, 2.75) is 19.8 Å². The number of anilines is 3. The Bertz CT molecular complexity index is 787. The van der Waals surface area contributed by atoms with Crippen LogP contribution in [-0.2, 0) is 0 Å². The van der Waals surface area contributed by atoms with E-state index in [-0.39, 0.29) is 5.82 Å². The van der Waals surface area contributed by atoms with E-state index in [0.717, 1.165) is 43.6 Å². The Morgan fingerprint density at radius 3 is 2.31 bits per heavy atom. The van der Waals surface area contributed by atoms with Crippen molar-refractivity contribution in [3.8, 4) is 0 Å². The number of nitrogens with zero attached hydrogens (tertiary/aromatic N) is 6. The highest BCUT2D eigenvalue weighted by Gasteiger charge is 2.23. The van der Waals surface area contributed by atoms with Crippen molar-refractivity contribution in [3.05, 3.63) is 34.3 Å². The molecule has 2 fully saturated rings. The summed E-state index contributed by atoms with van der Waals surface area (Å²) >= 11 is 3.25. The summed E-state index contributed by atoms with van der Waals surface area (Å²) in [4.78, 5) is 20.1. The molecule has 0 aliphatic carbocycles. The van der Waals surface area contributed by atoms with Crippen molar-refractivity contribution in [2.24, 2.45) is 0 Å². The fraction of sp³-hybridized carbons (Fsp3) is 0.500. The number of hydrogen-bond acceptors (Lipinski definition) is 6. The fourth-order valence-electron chi connectivity index (χ4n) is 3.54. The van der Waals surface area contributed by atoms with Crippen molar-refractivity contribution in [1.29, 1.82) is 0 Å². The van der Waals surface area contributed by atoms with Gasteiger partial charge in [0.25, 0.3) is 0 Å². The molecule has 8 heteroatoms. The first kappa shape index (κ1) is 17.5. The van der Waals surface area contributed by atoms with Gasteiger partial charge in [0, 0.05) is 61.7 Å². The van der Waals surface area contributed by atoms with Crippen molar-refractivity contribution in [3.63, 3.8) is 0 Å². The molecule has 2 saturated heterocycles. The average Bonchev–Trinajstić information content (AvgIpc) is 3.16. The number of pyridine rings is 1. The minimum Gasteiger partial charge on any atom is -0.353 e. The van der Waals surface area contributed by atoms with E-state index in [4.69, 9.17) is 4.98 Å². The van der Waals surface area contributed by atoms with Crippen LogP contribution < -0.4 is 14.7 Å². The van der Waals surface area contributed by atoms with Gasteiger partial charge in [0.05, 0.1) is 0 Å². The van der Waals surface area contributed by atoms with Crippen molar-refractivity contribution in [1.82, 2.24) is 15.0 Å². The van der Waals surface area contributed by atoms with Gasteiger partial charge in [-0.2, -0.15) is 4.98 Å². The smallest absolute Gasteiger partial charge is 0.227 e. The highest BCUT2D eigenvalue weighted by Crippen LogP contribution is 2.24. The standard InChI is InChI=1S/C18H22BrFN6/c1-13-10-16(23-18(22-13)26-4-2-3-5-26)24-6-8-25(9-7-24)17-15(20)11-14(19)12-21-17/h10-12H,2-9H2,1H3. The second-order valence-corrected chi connectivity index (χ2v) is 7.71. The van der Waals surface area contributed by atoms with Crippen LogP contribution in [0.5, 0.6) is 0 Å². The predicted octanol–water partition coefficient (Wildman–Crippen LogP) is 3.01. The minimum absolute atomic E-state index is 0.290. The first-order valence-electron chi connectivity index (χ1n) is 9.02. The predicted molar refractivity (Wildman–Crippen MR) is 105 cm³/mol. The molecule has 6 nitrogen and oxygen atoms in total. The van der Waals surface area contributed by atoms with E-state index in [1.807, 2.05) is 17.9 Å². The maximum atomic E-state index is 14.2. The molecule has 0 amide bonds. The maximum absolute atomic E-state index is 14.2. The molecule has 0 N–H and O–H groups in total. The van der Waals surface area contributed by atoms with Crippen LogP contribution in [0.25, 0.3) is 0 Å². The third-order valence-corrected chi connectivity index (χ3v) is 5.34. The second-order valence-electron chi connectivity index (χ2n) is 6.79. The summed E-state index contributed by atoms with van der Waals surface area (Å²) in [6, 6.07) is 3.50. The summed E-state index contributed by atoms with van der Waals surface area (Å²) < 4.78 is 14.8. The van der Waals surface area contributed by atoms with Gasteiger partial charge in [-0.3, -0.25) is 0 Å². The van der Waals surface area contributed by atoms with Crippen LogP contribution in [0.3, 0.4) is 0 Å². The topological polar surface area (TPSA) is 48.4 Å². The summed E-state index contributed by atoms with van der Waals surface area (Å²) in [6.45, 7) is 7.08. The molecule has 2 aliphatic heterocycles. The zero-order valence-corrected chi connectivity index (χ0v) is 16.4. The molecule has 2 aromatic heterocycles. The Morgan fingerprint density at radius 1 is 0.923 bits per heavy atom. The van der Waals surface area contributed by atoms with E-state index in [1.165, 1.54) is 18.9 Å². The molecular weight excluding hydrogens is 399 g/mol. The largest absolute Gasteiger partial charge is 0.353 e. The summed E-state index contributed by atoms with van der Waals surface area (Å²) in [5.74, 6) is 1.93. The molecule has 0 saturated carbocycles. The lowest BCUT2D eigenvalue weighted by atomic mass is 10.3. The third-order valence-electron chi connectivity index (χ3n) is 4.91. The molecule has 2 aliphatic rings. The molecule has 26 heavy (non-hydrogen) atoms. The van der Waals surface area contributed by atoms with Crippen LogP contribution in [0, 0.1) is 12.7 Å². The van der Waals surface area contributed by atoms with Crippen molar-refractivity contribution >= 4 is 33.5 Å². The summed E-state index contributed by atoms with van der Waals surface area (Å²) in [5, 5.41) is 0. The monoisotopic (exact) mass is 420 g/mol. The van der Waals surface area contributed by atoms with Crippen LogP contribution in [-0.4, -0.2) is 54.2 Å². The fourth-order valence-corrected chi connectivity index (χ4v) is 3.85. The van der Waals surface area contributed by atoms with Gasteiger partial charge in [-0.25, -0.2) is 14.4 Å². The second kappa shape index (κ2) is 7.34. The Balaban J connectivity index is 1.47. The zero-order valence-electron chi connectivity index (χ0n) is 14.8. The molecule has 4 heterocycles. The van der Waals surface area contributed by atoms with Gasteiger partial charge < -0.3 is 14.7 Å². The Labute approximate surface area is 161 Å². The minimum atomic E-state index is -0.290. The summed E-state index contributed by atoms with van der Waals surface area (Å²) in [5.41, 5.74) is 0.986. The van der Waals surface area contributed by atoms with E-state index >= 15 is 0 Å². The van der Waals surface area contributed by atoms with Crippen LogP contribution in [0.1, 0.15) is 18.5 Å². The van der Waals surface area contributed by atoms with Gasteiger partial charge in [-0.05, 0) is 41.8 Å². The SMILES string of the molecule is Cc1cc(N2CCN(c3ncc(Br)cc3F)CC2)nc(N2CCCC2)n1. The van der Waals surface area contributed by atoms with Crippen LogP contribution in [0.15, 0.2) is 22.8 Å². The lowest BCUT2D eigenvalue weighted by Crippen LogP contribution is -2.47. The summed E-state index contributed by atoms with van der Waals surface area (Å²) in [7, 11) is 0. The van der Waals surface area contributed by atoms with Gasteiger partial charge in [-0.15, -0.1) is 0 Å².